The first-order valence-corrected chi connectivity index (χ1v) is 4.50. The van der Waals surface area contributed by atoms with Gasteiger partial charge >= 0.3 is 0 Å². The number of rotatable bonds is 2. The molecule has 3 heteroatoms. The van der Waals surface area contributed by atoms with E-state index in [4.69, 9.17) is 5.21 Å². The van der Waals surface area contributed by atoms with Gasteiger partial charge in [0, 0.05) is 0 Å². The molecule has 0 saturated heterocycles. The van der Waals surface area contributed by atoms with Crippen molar-refractivity contribution in [3.8, 4) is 0 Å². The van der Waals surface area contributed by atoms with Gasteiger partial charge in [-0.15, -0.1) is 0 Å². The van der Waals surface area contributed by atoms with Crippen molar-refractivity contribution in [2.45, 2.75) is 27.7 Å². The van der Waals surface area contributed by atoms with Crippen molar-refractivity contribution in [1.29, 1.82) is 0 Å². The summed E-state index contributed by atoms with van der Waals surface area (Å²) < 4.78 is 0. The smallest absolute Gasteiger partial charge is 0.247 e. The molecule has 1 aliphatic rings. The minimum Gasteiger partial charge on any atom is -0.289 e. The second-order valence-electron chi connectivity index (χ2n) is 4.54. The van der Waals surface area contributed by atoms with Crippen LogP contribution in [0, 0.1) is 17.3 Å². The predicted octanol–water partition coefficient (Wildman–Crippen LogP) is 1.73. The summed E-state index contributed by atoms with van der Waals surface area (Å²) in [4.78, 5) is 11.2. The Morgan fingerprint density at radius 1 is 1.46 bits per heavy atom. The van der Waals surface area contributed by atoms with Gasteiger partial charge in [0.1, 0.15) is 0 Å². The molecule has 0 radical (unpaired) electrons. The highest BCUT2D eigenvalue weighted by atomic mass is 16.5. The number of hydroxylamine groups is 1. The molecule has 3 nitrogen and oxygen atoms in total. The molecular formula is C10H17NO2. The molecule has 0 heterocycles. The first kappa shape index (κ1) is 10.3. The van der Waals surface area contributed by atoms with Crippen molar-refractivity contribution < 1.29 is 10.0 Å². The van der Waals surface area contributed by atoms with Crippen molar-refractivity contribution in [1.82, 2.24) is 5.48 Å². The van der Waals surface area contributed by atoms with Crippen LogP contribution in [0.2, 0.25) is 0 Å². The van der Waals surface area contributed by atoms with Crippen LogP contribution in [0.1, 0.15) is 27.7 Å². The van der Waals surface area contributed by atoms with Crippen molar-refractivity contribution in [3.63, 3.8) is 0 Å². The van der Waals surface area contributed by atoms with Crippen molar-refractivity contribution in [2.24, 2.45) is 17.3 Å². The first-order valence-electron chi connectivity index (χ1n) is 4.50. The van der Waals surface area contributed by atoms with Gasteiger partial charge in [-0.25, -0.2) is 5.48 Å². The Kier molecular flexibility index (Phi) is 2.48. The molecule has 0 spiro atoms. The molecule has 0 aromatic carbocycles. The lowest BCUT2D eigenvalue weighted by molar-refractivity contribution is -0.131. The number of allylic oxidation sites excluding steroid dienone is 2. The van der Waals surface area contributed by atoms with Crippen LogP contribution in [0.15, 0.2) is 11.6 Å². The Balaban J connectivity index is 2.72. The Morgan fingerprint density at radius 3 is 2.38 bits per heavy atom. The van der Waals surface area contributed by atoms with E-state index in [9.17, 15) is 4.79 Å². The van der Waals surface area contributed by atoms with Gasteiger partial charge < -0.3 is 0 Å². The van der Waals surface area contributed by atoms with Crippen LogP contribution in [-0.4, -0.2) is 11.1 Å². The highest BCUT2D eigenvalue weighted by molar-refractivity contribution is 5.82. The van der Waals surface area contributed by atoms with Crippen LogP contribution in [0.4, 0.5) is 0 Å². The van der Waals surface area contributed by atoms with E-state index in [0.29, 0.717) is 0 Å². The van der Waals surface area contributed by atoms with E-state index in [1.165, 1.54) is 5.57 Å². The van der Waals surface area contributed by atoms with Gasteiger partial charge in [-0.2, -0.15) is 0 Å². The van der Waals surface area contributed by atoms with Gasteiger partial charge in [0.25, 0.3) is 0 Å². The average molecular weight is 183 g/mol. The summed E-state index contributed by atoms with van der Waals surface area (Å²) in [5, 5.41) is 8.51. The van der Waals surface area contributed by atoms with E-state index in [1.54, 1.807) is 5.48 Å². The third-order valence-corrected chi connectivity index (χ3v) is 2.82. The SMILES string of the molecule is CC(C)=CC1C(C(=O)NO)C1(C)C. The summed E-state index contributed by atoms with van der Waals surface area (Å²) in [5.41, 5.74) is 2.92. The van der Waals surface area contributed by atoms with Gasteiger partial charge in [0.2, 0.25) is 5.91 Å². The molecule has 13 heavy (non-hydrogen) atoms. The second kappa shape index (κ2) is 3.14. The molecule has 0 aliphatic heterocycles. The summed E-state index contributed by atoms with van der Waals surface area (Å²) in [5.74, 6) is -0.0791. The third kappa shape index (κ3) is 1.75. The molecule has 1 saturated carbocycles. The van der Waals surface area contributed by atoms with Gasteiger partial charge in [-0.1, -0.05) is 25.5 Å². The molecule has 1 amide bonds. The number of amides is 1. The first-order chi connectivity index (χ1) is 5.91. The number of carbonyl (C=O) groups is 1. The second-order valence-corrected chi connectivity index (χ2v) is 4.54. The topological polar surface area (TPSA) is 49.3 Å². The summed E-state index contributed by atoms with van der Waals surface area (Å²) >= 11 is 0. The molecule has 1 fully saturated rings. The highest BCUT2D eigenvalue weighted by Crippen LogP contribution is 2.59. The molecule has 1 aliphatic carbocycles. The Morgan fingerprint density at radius 2 is 2.00 bits per heavy atom. The number of hydrogen-bond donors (Lipinski definition) is 2. The Labute approximate surface area is 78.8 Å². The lowest BCUT2D eigenvalue weighted by atomic mass is 10.1. The van der Waals surface area contributed by atoms with E-state index in [1.807, 2.05) is 27.7 Å². The number of hydrogen-bond acceptors (Lipinski definition) is 2. The van der Waals surface area contributed by atoms with E-state index < -0.39 is 0 Å². The van der Waals surface area contributed by atoms with E-state index >= 15 is 0 Å². The standard InChI is InChI=1S/C10H17NO2/c1-6(2)5-7-8(9(12)11-13)10(7,3)4/h5,7-8,13H,1-4H3,(H,11,12). The molecule has 2 N–H and O–H groups in total. The summed E-state index contributed by atoms with van der Waals surface area (Å²) in [6.07, 6.45) is 2.10. The van der Waals surface area contributed by atoms with Crippen LogP contribution in [-0.2, 0) is 4.79 Å². The molecule has 0 aromatic rings. The van der Waals surface area contributed by atoms with E-state index in [0.717, 1.165) is 0 Å². The Hall–Kier alpha value is -0.830. The van der Waals surface area contributed by atoms with Crippen LogP contribution in [0.25, 0.3) is 0 Å². The maximum absolute atomic E-state index is 11.2. The van der Waals surface area contributed by atoms with Crippen LogP contribution in [0.5, 0.6) is 0 Å². The van der Waals surface area contributed by atoms with Gasteiger partial charge in [-0.3, -0.25) is 10.0 Å². The quantitative estimate of drug-likeness (QED) is 0.389. The zero-order chi connectivity index (χ0) is 10.2. The van der Waals surface area contributed by atoms with Crippen molar-refractivity contribution >= 4 is 5.91 Å². The molecular weight excluding hydrogens is 166 g/mol. The lowest BCUT2D eigenvalue weighted by Gasteiger charge is -1.98. The maximum Gasteiger partial charge on any atom is 0.247 e. The number of nitrogens with one attached hydrogen (secondary N) is 1. The fourth-order valence-corrected chi connectivity index (χ4v) is 1.92. The summed E-state index contributed by atoms with van der Waals surface area (Å²) in [6, 6.07) is 0. The average Bonchev–Trinajstić information content (AvgIpc) is 2.51. The van der Waals surface area contributed by atoms with Crippen molar-refractivity contribution in [3.05, 3.63) is 11.6 Å². The fraction of sp³-hybridized carbons (Fsp3) is 0.700. The van der Waals surface area contributed by atoms with Gasteiger partial charge in [0.05, 0.1) is 5.92 Å². The zero-order valence-corrected chi connectivity index (χ0v) is 8.59. The molecule has 2 atom stereocenters. The minimum absolute atomic E-state index is 0.00984. The van der Waals surface area contributed by atoms with Crippen LogP contribution < -0.4 is 5.48 Å². The van der Waals surface area contributed by atoms with Crippen LogP contribution >= 0.6 is 0 Å². The maximum atomic E-state index is 11.2. The zero-order valence-electron chi connectivity index (χ0n) is 8.59. The molecule has 0 bridgehead atoms. The highest BCUT2D eigenvalue weighted by Gasteiger charge is 2.60. The van der Waals surface area contributed by atoms with E-state index in [2.05, 4.69) is 6.08 Å². The van der Waals surface area contributed by atoms with Gasteiger partial charge in [0.15, 0.2) is 0 Å². The molecule has 1 rings (SSSR count). The normalized spacial score (nSPS) is 29.3. The van der Waals surface area contributed by atoms with Crippen molar-refractivity contribution in [2.75, 3.05) is 0 Å². The van der Waals surface area contributed by atoms with E-state index in [-0.39, 0.29) is 23.2 Å². The Bertz CT molecular complexity index is 252. The third-order valence-electron chi connectivity index (χ3n) is 2.82. The lowest BCUT2D eigenvalue weighted by Crippen LogP contribution is -2.22. The fourth-order valence-electron chi connectivity index (χ4n) is 1.92. The summed E-state index contributed by atoms with van der Waals surface area (Å²) in [6.45, 7) is 8.11. The number of carbonyl (C=O) groups excluding carboxylic acids is 1. The minimum atomic E-state index is -0.271. The summed E-state index contributed by atoms with van der Waals surface area (Å²) in [7, 11) is 0. The molecule has 0 aromatic heterocycles. The molecule has 2 unspecified atom stereocenters. The molecule has 74 valence electrons. The van der Waals surface area contributed by atoms with Gasteiger partial charge in [-0.05, 0) is 25.2 Å². The predicted molar refractivity (Wildman–Crippen MR) is 50.1 cm³/mol. The monoisotopic (exact) mass is 183 g/mol. The van der Waals surface area contributed by atoms with Crippen LogP contribution in [0.3, 0.4) is 0 Å². The largest absolute Gasteiger partial charge is 0.289 e.